The Morgan fingerprint density at radius 2 is 1.78 bits per heavy atom. The fourth-order valence-electron chi connectivity index (χ4n) is 2.51. The molecule has 0 aromatic heterocycles. The van der Waals surface area contributed by atoms with Gasteiger partial charge in [0.05, 0.1) is 13.2 Å². The first-order valence-corrected chi connectivity index (χ1v) is 8.01. The van der Waals surface area contributed by atoms with Gasteiger partial charge in [-0.25, -0.2) is 0 Å². The first-order chi connectivity index (χ1) is 10.9. The van der Waals surface area contributed by atoms with Crippen LogP contribution in [0.15, 0.2) is 42.5 Å². The van der Waals surface area contributed by atoms with Crippen LogP contribution in [-0.2, 0) is 4.79 Å². The van der Waals surface area contributed by atoms with E-state index in [2.05, 4.69) is 23.5 Å². The Balaban J connectivity index is 2.09. The third-order valence-corrected chi connectivity index (χ3v) is 4.35. The zero-order chi connectivity index (χ0) is 17.0. The number of ether oxygens (including phenoxy) is 1. The molecule has 122 valence electrons. The number of methoxy groups -OCH3 is 1. The molecule has 2 aromatic carbocycles. The van der Waals surface area contributed by atoms with Crippen molar-refractivity contribution < 1.29 is 9.53 Å². The zero-order valence-electron chi connectivity index (χ0n) is 13.9. The fourth-order valence-corrected chi connectivity index (χ4v) is 2.72. The lowest BCUT2D eigenvalue weighted by atomic mass is 9.99. The van der Waals surface area contributed by atoms with Gasteiger partial charge in [0.15, 0.2) is 0 Å². The Kier molecular flexibility index (Phi) is 5.67. The van der Waals surface area contributed by atoms with Crippen LogP contribution in [0.25, 0.3) is 0 Å². The van der Waals surface area contributed by atoms with Crippen LogP contribution in [0.3, 0.4) is 0 Å². The minimum atomic E-state index is -0.728. The molecule has 4 heteroatoms. The van der Waals surface area contributed by atoms with E-state index in [4.69, 9.17) is 16.3 Å². The largest absolute Gasteiger partial charge is 0.497 e. The number of hydrogen-bond donors (Lipinski definition) is 1. The van der Waals surface area contributed by atoms with Crippen molar-refractivity contribution in [2.75, 3.05) is 7.11 Å². The third kappa shape index (κ3) is 4.26. The maximum absolute atomic E-state index is 12.4. The van der Waals surface area contributed by atoms with E-state index in [9.17, 15) is 4.79 Å². The van der Waals surface area contributed by atoms with E-state index < -0.39 is 5.38 Å². The van der Waals surface area contributed by atoms with Crippen LogP contribution in [0.2, 0.25) is 0 Å². The number of halogens is 1. The van der Waals surface area contributed by atoms with Crippen molar-refractivity contribution in [3.63, 3.8) is 0 Å². The van der Waals surface area contributed by atoms with E-state index in [-0.39, 0.29) is 11.9 Å². The van der Waals surface area contributed by atoms with E-state index >= 15 is 0 Å². The molecular weight excluding hydrogens is 310 g/mol. The van der Waals surface area contributed by atoms with Crippen LogP contribution in [-0.4, -0.2) is 13.0 Å². The average molecular weight is 332 g/mol. The fraction of sp³-hybridized carbons (Fsp3) is 0.316. The number of amides is 1. The van der Waals surface area contributed by atoms with Gasteiger partial charge in [-0.05, 0) is 49.6 Å². The summed E-state index contributed by atoms with van der Waals surface area (Å²) in [4.78, 5) is 12.4. The van der Waals surface area contributed by atoms with Crippen molar-refractivity contribution in [1.29, 1.82) is 0 Å². The summed E-state index contributed by atoms with van der Waals surface area (Å²) >= 11 is 6.30. The summed E-state index contributed by atoms with van der Waals surface area (Å²) in [6.45, 7) is 6.05. The smallest absolute Gasteiger partial charge is 0.243 e. The number of alkyl halides is 1. The van der Waals surface area contributed by atoms with Crippen LogP contribution in [0, 0.1) is 13.8 Å². The average Bonchev–Trinajstić information content (AvgIpc) is 2.56. The van der Waals surface area contributed by atoms with Gasteiger partial charge in [0.25, 0.3) is 0 Å². The van der Waals surface area contributed by atoms with E-state index in [0.717, 1.165) is 22.4 Å². The Morgan fingerprint density at radius 1 is 1.13 bits per heavy atom. The molecule has 0 radical (unpaired) electrons. The maximum Gasteiger partial charge on any atom is 0.243 e. The highest BCUT2D eigenvalue weighted by atomic mass is 35.5. The molecule has 1 N–H and O–H groups in total. The third-order valence-electron chi connectivity index (χ3n) is 3.90. The number of aryl methyl sites for hydroxylation is 2. The highest BCUT2D eigenvalue weighted by molar-refractivity contribution is 6.30. The van der Waals surface area contributed by atoms with Crippen LogP contribution < -0.4 is 10.1 Å². The SMILES string of the molecule is COc1ccc(C(Cl)C(=O)NC(C)c2cc(C)ccc2C)cc1. The quantitative estimate of drug-likeness (QED) is 0.821. The molecule has 3 nitrogen and oxygen atoms in total. The van der Waals surface area contributed by atoms with Crippen molar-refractivity contribution in [3.8, 4) is 5.75 Å². The predicted molar refractivity (Wildman–Crippen MR) is 94.1 cm³/mol. The number of carbonyl (C=O) groups is 1. The van der Waals surface area contributed by atoms with Gasteiger partial charge in [-0.3, -0.25) is 4.79 Å². The molecule has 0 spiro atoms. The standard InChI is InChI=1S/C19H22ClNO2/c1-12-5-6-13(2)17(11-12)14(3)21-19(22)18(20)15-7-9-16(23-4)10-8-15/h5-11,14,18H,1-4H3,(H,21,22). The van der Waals surface area contributed by atoms with Crippen molar-refractivity contribution in [2.24, 2.45) is 0 Å². The first kappa shape index (κ1) is 17.4. The van der Waals surface area contributed by atoms with Gasteiger partial charge in [-0.1, -0.05) is 35.9 Å². The molecule has 0 aliphatic carbocycles. The topological polar surface area (TPSA) is 38.3 Å². The molecule has 2 rings (SSSR count). The molecule has 0 bridgehead atoms. The summed E-state index contributed by atoms with van der Waals surface area (Å²) in [6, 6.07) is 13.3. The molecule has 0 fully saturated rings. The van der Waals surface area contributed by atoms with Crippen molar-refractivity contribution >= 4 is 17.5 Å². The molecule has 2 atom stereocenters. The van der Waals surface area contributed by atoms with Crippen LogP contribution in [0.4, 0.5) is 0 Å². The van der Waals surface area contributed by atoms with Gasteiger partial charge in [-0.15, -0.1) is 11.6 Å². The molecule has 0 aliphatic heterocycles. The minimum Gasteiger partial charge on any atom is -0.497 e. The van der Waals surface area contributed by atoms with E-state index in [1.54, 1.807) is 31.4 Å². The van der Waals surface area contributed by atoms with Crippen molar-refractivity contribution in [1.82, 2.24) is 5.32 Å². The molecule has 2 unspecified atom stereocenters. The van der Waals surface area contributed by atoms with Gasteiger partial charge in [0.2, 0.25) is 5.91 Å². The van der Waals surface area contributed by atoms with E-state index in [1.807, 2.05) is 20.8 Å². The Bertz CT molecular complexity index is 682. The van der Waals surface area contributed by atoms with Gasteiger partial charge in [-0.2, -0.15) is 0 Å². The van der Waals surface area contributed by atoms with Crippen LogP contribution in [0.1, 0.15) is 40.6 Å². The number of nitrogens with one attached hydrogen (secondary N) is 1. The van der Waals surface area contributed by atoms with Gasteiger partial charge < -0.3 is 10.1 Å². The lowest BCUT2D eigenvalue weighted by molar-refractivity contribution is -0.121. The van der Waals surface area contributed by atoms with E-state index in [0.29, 0.717) is 0 Å². The lowest BCUT2D eigenvalue weighted by Crippen LogP contribution is -2.30. The number of hydrogen-bond acceptors (Lipinski definition) is 2. The maximum atomic E-state index is 12.4. The van der Waals surface area contributed by atoms with Crippen LogP contribution >= 0.6 is 11.6 Å². The monoisotopic (exact) mass is 331 g/mol. The summed E-state index contributed by atoms with van der Waals surface area (Å²) < 4.78 is 5.11. The Hall–Kier alpha value is -2.00. The van der Waals surface area contributed by atoms with Crippen LogP contribution in [0.5, 0.6) is 5.75 Å². The molecule has 0 saturated carbocycles. The summed E-state index contributed by atoms with van der Waals surface area (Å²) in [5.74, 6) is 0.534. The van der Waals surface area contributed by atoms with E-state index in [1.165, 1.54) is 5.56 Å². The molecule has 1 amide bonds. The predicted octanol–water partition coefficient (Wildman–Crippen LogP) is 4.47. The molecule has 0 aliphatic rings. The zero-order valence-corrected chi connectivity index (χ0v) is 14.6. The summed E-state index contributed by atoms with van der Waals surface area (Å²) in [5.41, 5.74) is 4.18. The second kappa shape index (κ2) is 7.51. The minimum absolute atomic E-state index is 0.0955. The van der Waals surface area contributed by atoms with Crippen molar-refractivity contribution in [3.05, 3.63) is 64.7 Å². The second-order valence-electron chi connectivity index (χ2n) is 5.73. The molecule has 0 heterocycles. The Labute approximate surface area is 142 Å². The second-order valence-corrected chi connectivity index (χ2v) is 6.16. The highest BCUT2D eigenvalue weighted by Gasteiger charge is 2.20. The van der Waals surface area contributed by atoms with Gasteiger partial charge in [0, 0.05) is 0 Å². The number of rotatable bonds is 5. The highest BCUT2D eigenvalue weighted by Crippen LogP contribution is 2.25. The number of carbonyl (C=O) groups excluding carboxylic acids is 1. The summed E-state index contributed by atoms with van der Waals surface area (Å²) in [7, 11) is 1.60. The van der Waals surface area contributed by atoms with Gasteiger partial charge >= 0.3 is 0 Å². The molecule has 0 saturated heterocycles. The lowest BCUT2D eigenvalue weighted by Gasteiger charge is -2.19. The summed E-state index contributed by atoms with van der Waals surface area (Å²) in [6.07, 6.45) is 0. The normalized spacial score (nSPS) is 13.3. The molecular formula is C19H22ClNO2. The van der Waals surface area contributed by atoms with Gasteiger partial charge in [0.1, 0.15) is 11.1 Å². The molecule has 2 aromatic rings. The number of benzene rings is 2. The molecule has 23 heavy (non-hydrogen) atoms. The Morgan fingerprint density at radius 3 is 2.39 bits per heavy atom. The summed E-state index contributed by atoms with van der Waals surface area (Å²) in [5, 5.41) is 2.26. The first-order valence-electron chi connectivity index (χ1n) is 7.58. The van der Waals surface area contributed by atoms with Crippen molar-refractivity contribution in [2.45, 2.75) is 32.2 Å².